The standard InChI is InChI=1S/C12H13N3/c1-2-12-11(8-14-15-12)7-10(1)9-3-5-13-6-4-9/h1-3,7-8,13H,4-6H2,(H,14,15). The SMILES string of the molecule is C1=C(c2ccc3[nH]ncc3c2)CCNC1. The number of H-pyrrole nitrogens is 1. The molecule has 1 aliphatic rings. The Bertz CT molecular complexity index is 510. The van der Waals surface area contributed by atoms with E-state index in [-0.39, 0.29) is 0 Å². The van der Waals surface area contributed by atoms with Crippen molar-refractivity contribution in [3.63, 3.8) is 0 Å². The Morgan fingerprint density at radius 3 is 3.13 bits per heavy atom. The summed E-state index contributed by atoms with van der Waals surface area (Å²) in [6.07, 6.45) is 5.26. The molecule has 0 fully saturated rings. The van der Waals surface area contributed by atoms with Gasteiger partial charge in [-0.1, -0.05) is 12.1 Å². The summed E-state index contributed by atoms with van der Waals surface area (Å²) in [6.45, 7) is 2.06. The smallest absolute Gasteiger partial charge is 0.0650 e. The fourth-order valence-electron chi connectivity index (χ4n) is 2.03. The Hall–Kier alpha value is -1.61. The zero-order valence-corrected chi connectivity index (χ0v) is 8.46. The first-order valence-electron chi connectivity index (χ1n) is 5.27. The third-order valence-corrected chi connectivity index (χ3v) is 2.87. The maximum Gasteiger partial charge on any atom is 0.0650 e. The van der Waals surface area contributed by atoms with Crippen molar-refractivity contribution < 1.29 is 0 Å². The van der Waals surface area contributed by atoms with Gasteiger partial charge in [-0.3, -0.25) is 5.10 Å². The van der Waals surface area contributed by atoms with Gasteiger partial charge in [-0.05, 0) is 36.2 Å². The minimum Gasteiger partial charge on any atom is -0.313 e. The average Bonchev–Trinajstić information content (AvgIpc) is 2.77. The van der Waals surface area contributed by atoms with Crippen LogP contribution in [0.5, 0.6) is 0 Å². The van der Waals surface area contributed by atoms with Gasteiger partial charge in [-0.15, -0.1) is 0 Å². The fraction of sp³-hybridized carbons (Fsp3) is 0.250. The number of nitrogens with one attached hydrogen (secondary N) is 2. The van der Waals surface area contributed by atoms with Crippen LogP contribution in [-0.2, 0) is 0 Å². The lowest BCUT2D eigenvalue weighted by Gasteiger charge is -2.14. The van der Waals surface area contributed by atoms with Gasteiger partial charge in [0.05, 0.1) is 11.7 Å². The van der Waals surface area contributed by atoms with Crippen molar-refractivity contribution >= 4 is 16.5 Å². The molecule has 3 heteroatoms. The maximum absolute atomic E-state index is 4.03. The molecule has 0 bridgehead atoms. The van der Waals surface area contributed by atoms with Gasteiger partial charge < -0.3 is 5.32 Å². The largest absolute Gasteiger partial charge is 0.313 e. The molecule has 2 N–H and O–H groups in total. The van der Waals surface area contributed by atoms with Crippen LogP contribution in [0.1, 0.15) is 12.0 Å². The third kappa shape index (κ3) is 1.55. The molecular formula is C12H13N3. The summed E-state index contributed by atoms with van der Waals surface area (Å²) < 4.78 is 0. The first-order chi connectivity index (χ1) is 7.43. The highest BCUT2D eigenvalue weighted by Gasteiger charge is 2.06. The van der Waals surface area contributed by atoms with Crippen LogP contribution in [-0.4, -0.2) is 23.3 Å². The van der Waals surface area contributed by atoms with Gasteiger partial charge in [0, 0.05) is 11.9 Å². The number of hydrogen-bond acceptors (Lipinski definition) is 2. The monoisotopic (exact) mass is 199 g/mol. The van der Waals surface area contributed by atoms with Crippen LogP contribution in [0.4, 0.5) is 0 Å². The minimum absolute atomic E-state index is 0.985. The number of hydrogen-bond donors (Lipinski definition) is 2. The van der Waals surface area contributed by atoms with Crippen molar-refractivity contribution in [2.24, 2.45) is 0 Å². The van der Waals surface area contributed by atoms with Crippen molar-refractivity contribution in [3.05, 3.63) is 36.0 Å². The van der Waals surface area contributed by atoms with Crippen molar-refractivity contribution in [1.29, 1.82) is 0 Å². The molecule has 2 heterocycles. The van der Waals surface area contributed by atoms with E-state index < -0.39 is 0 Å². The molecule has 3 nitrogen and oxygen atoms in total. The Kier molecular flexibility index (Phi) is 2.03. The molecule has 76 valence electrons. The lowest BCUT2D eigenvalue weighted by Crippen LogP contribution is -2.19. The number of aromatic amines is 1. The van der Waals surface area contributed by atoms with Crippen LogP contribution in [0.25, 0.3) is 16.5 Å². The average molecular weight is 199 g/mol. The molecule has 1 aromatic heterocycles. The van der Waals surface area contributed by atoms with Gasteiger partial charge in [-0.2, -0.15) is 5.10 Å². The molecule has 0 radical (unpaired) electrons. The molecule has 2 aromatic rings. The van der Waals surface area contributed by atoms with Gasteiger partial charge >= 0.3 is 0 Å². The van der Waals surface area contributed by atoms with Crippen LogP contribution < -0.4 is 5.32 Å². The number of nitrogens with zero attached hydrogens (tertiary/aromatic N) is 1. The number of benzene rings is 1. The van der Waals surface area contributed by atoms with Crippen molar-refractivity contribution in [1.82, 2.24) is 15.5 Å². The zero-order chi connectivity index (χ0) is 10.1. The minimum atomic E-state index is 0.985. The van der Waals surface area contributed by atoms with E-state index in [0.717, 1.165) is 25.0 Å². The summed E-state index contributed by atoms with van der Waals surface area (Å²) in [7, 11) is 0. The summed E-state index contributed by atoms with van der Waals surface area (Å²) >= 11 is 0. The van der Waals surface area contributed by atoms with Gasteiger partial charge in [0.2, 0.25) is 0 Å². The Labute approximate surface area is 88.2 Å². The zero-order valence-electron chi connectivity index (χ0n) is 8.46. The van der Waals surface area contributed by atoms with E-state index in [9.17, 15) is 0 Å². The van der Waals surface area contributed by atoms with Gasteiger partial charge in [0.15, 0.2) is 0 Å². The van der Waals surface area contributed by atoms with Crippen LogP contribution in [0.15, 0.2) is 30.5 Å². The lowest BCUT2D eigenvalue weighted by molar-refractivity contribution is 0.739. The van der Waals surface area contributed by atoms with Crippen molar-refractivity contribution in [2.75, 3.05) is 13.1 Å². The fourth-order valence-corrected chi connectivity index (χ4v) is 2.03. The Morgan fingerprint density at radius 2 is 2.27 bits per heavy atom. The van der Waals surface area contributed by atoms with E-state index in [1.807, 2.05) is 6.20 Å². The molecule has 3 rings (SSSR count). The van der Waals surface area contributed by atoms with Crippen molar-refractivity contribution in [2.45, 2.75) is 6.42 Å². The molecule has 0 saturated carbocycles. The number of aromatic nitrogens is 2. The van der Waals surface area contributed by atoms with E-state index in [4.69, 9.17) is 0 Å². The highest BCUT2D eigenvalue weighted by atomic mass is 15.1. The molecule has 0 spiro atoms. The van der Waals surface area contributed by atoms with Gasteiger partial charge in [-0.25, -0.2) is 0 Å². The molecule has 0 amide bonds. The van der Waals surface area contributed by atoms with Crippen molar-refractivity contribution in [3.8, 4) is 0 Å². The second kappa shape index (κ2) is 3.51. The summed E-state index contributed by atoms with van der Waals surface area (Å²) in [5, 5.41) is 11.5. The summed E-state index contributed by atoms with van der Waals surface area (Å²) in [5.74, 6) is 0. The second-order valence-electron chi connectivity index (χ2n) is 3.86. The Balaban J connectivity index is 2.06. The summed E-state index contributed by atoms with van der Waals surface area (Å²) in [6, 6.07) is 6.47. The molecule has 1 aromatic carbocycles. The summed E-state index contributed by atoms with van der Waals surface area (Å²) in [5.41, 5.74) is 3.87. The maximum atomic E-state index is 4.03. The van der Waals surface area contributed by atoms with E-state index in [0.29, 0.717) is 0 Å². The molecule has 0 saturated heterocycles. The molecule has 1 aliphatic heterocycles. The van der Waals surface area contributed by atoms with E-state index in [1.54, 1.807) is 0 Å². The first-order valence-corrected chi connectivity index (χ1v) is 5.27. The van der Waals surface area contributed by atoms with Crippen LogP contribution >= 0.6 is 0 Å². The van der Waals surface area contributed by atoms with E-state index in [2.05, 4.69) is 39.8 Å². The third-order valence-electron chi connectivity index (χ3n) is 2.87. The molecule has 15 heavy (non-hydrogen) atoms. The second-order valence-corrected chi connectivity index (χ2v) is 3.86. The number of rotatable bonds is 1. The number of fused-ring (bicyclic) bond motifs is 1. The first kappa shape index (κ1) is 8.68. The van der Waals surface area contributed by atoms with Gasteiger partial charge in [0.25, 0.3) is 0 Å². The highest BCUT2D eigenvalue weighted by Crippen LogP contribution is 2.22. The van der Waals surface area contributed by atoms with Crippen LogP contribution in [0.3, 0.4) is 0 Å². The molecular weight excluding hydrogens is 186 g/mol. The van der Waals surface area contributed by atoms with E-state index in [1.165, 1.54) is 16.5 Å². The summed E-state index contributed by atoms with van der Waals surface area (Å²) in [4.78, 5) is 0. The Morgan fingerprint density at radius 1 is 1.27 bits per heavy atom. The highest BCUT2D eigenvalue weighted by molar-refractivity contribution is 5.83. The quantitative estimate of drug-likeness (QED) is 0.737. The molecule has 0 atom stereocenters. The topological polar surface area (TPSA) is 40.7 Å². The predicted octanol–water partition coefficient (Wildman–Crippen LogP) is 1.94. The van der Waals surface area contributed by atoms with Crippen LogP contribution in [0.2, 0.25) is 0 Å². The molecule has 0 aliphatic carbocycles. The lowest BCUT2D eigenvalue weighted by atomic mass is 9.99. The van der Waals surface area contributed by atoms with Crippen LogP contribution in [0, 0.1) is 0 Å². The molecule has 0 unspecified atom stereocenters. The van der Waals surface area contributed by atoms with E-state index >= 15 is 0 Å². The predicted molar refractivity (Wildman–Crippen MR) is 61.6 cm³/mol. The normalized spacial score (nSPS) is 16.7. The van der Waals surface area contributed by atoms with Gasteiger partial charge in [0.1, 0.15) is 0 Å².